The molecule has 0 aromatic carbocycles. The molecule has 2 heterocycles. The average molecular weight is 490 g/mol. The minimum Gasteiger partial charge on any atom is -1.00 e. The largest absolute Gasteiger partial charge is 1.00 e. The number of hydrogen-bond donors (Lipinski definition) is 0. The Kier molecular flexibility index (Phi) is 9.62. The van der Waals surface area contributed by atoms with Crippen LogP contribution >= 0.6 is 0 Å². The smallest absolute Gasteiger partial charge is 0.243 e. The van der Waals surface area contributed by atoms with E-state index in [1.807, 2.05) is 35.6 Å². The monoisotopic (exact) mass is 490 g/mol. The molecule has 0 atom stereocenters. The molecule has 5 nitrogen and oxygen atoms in total. The van der Waals surface area contributed by atoms with Crippen molar-refractivity contribution >= 4 is 0 Å². The maximum atomic E-state index is 5.60. The van der Waals surface area contributed by atoms with Crippen molar-refractivity contribution in [1.29, 1.82) is 0 Å². The molecule has 2 rings (SSSR count). The molecule has 7 heteroatoms. The van der Waals surface area contributed by atoms with Crippen molar-refractivity contribution in [3.05, 3.63) is 37.4 Å². The molecule has 0 radical (unpaired) electrons. The van der Waals surface area contributed by atoms with Crippen molar-refractivity contribution < 1.29 is 61.8 Å². The summed E-state index contributed by atoms with van der Waals surface area (Å²) in [6.07, 6.45) is 12.3. The molecule has 2 aromatic rings. The number of rotatable bonds is 6. The van der Waals surface area contributed by atoms with Gasteiger partial charge >= 0.3 is 0 Å². The highest BCUT2D eigenvalue weighted by atomic mass is 127. The first-order valence-corrected chi connectivity index (χ1v) is 5.84. The summed E-state index contributed by atoms with van der Waals surface area (Å²) in [6.45, 7) is 3.31. The van der Waals surface area contributed by atoms with E-state index >= 15 is 0 Å². The zero-order chi connectivity index (χ0) is 12.1. The van der Waals surface area contributed by atoms with Crippen LogP contribution in [-0.4, -0.2) is 22.3 Å². The highest BCUT2D eigenvalue weighted by Crippen LogP contribution is 1.88. The molecule has 0 fully saturated rings. The van der Waals surface area contributed by atoms with Crippen molar-refractivity contribution in [2.24, 2.45) is 14.1 Å². The lowest BCUT2D eigenvalue weighted by molar-refractivity contribution is -0.671. The van der Waals surface area contributed by atoms with Crippen LogP contribution in [0, 0.1) is 0 Å². The number of halogens is 2. The Morgan fingerprint density at radius 3 is 1.58 bits per heavy atom. The van der Waals surface area contributed by atoms with Gasteiger partial charge in [-0.2, -0.15) is 0 Å². The van der Waals surface area contributed by atoms with Crippen LogP contribution in [0.1, 0.15) is 0 Å². The van der Waals surface area contributed by atoms with E-state index in [2.05, 4.69) is 34.2 Å². The number of aryl methyl sites for hydroxylation is 2. The van der Waals surface area contributed by atoms with E-state index in [0.29, 0.717) is 0 Å². The lowest BCUT2D eigenvalue weighted by Gasteiger charge is -2.00. The second-order valence-electron chi connectivity index (χ2n) is 4.25. The minimum atomic E-state index is 0. The molecule has 0 unspecified atom stereocenters. The van der Waals surface area contributed by atoms with Gasteiger partial charge in [-0.15, -0.1) is 0 Å². The molecular weight excluding hydrogens is 470 g/mol. The van der Waals surface area contributed by atoms with E-state index in [1.165, 1.54) is 0 Å². The van der Waals surface area contributed by atoms with Gasteiger partial charge in [0.2, 0.25) is 12.7 Å². The molecule has 0 aliphatic heterocycles. The van der Waals surface area contributed by atoms with Gasteiger partial charge in [-0.05, 0) is 0 Å². The number of hydrogen-bond acceptors (Lipinski definition) is 1. The Labute approximate surface area is 148 Å². The summed E-state index contributed by atoms with van der Waals surface area (Å²) in [4.78, 5) is 0. The minimum absolute atomic E-state index is 0. The Morgan fingerprint density at radius 1 is 0.842 bits per heavy atom. The molecule has 19 heavy (non-hydrogen) atoms. The van der Waals surface area contributed by atoms with Crippen LogP contribution in [0.15, 0.2) is 37.4 Å². The quantitative estimate of drug-likeness (QED) is 0.225. The zero-order valence-electron chi connectivity index (χ0n) is 11.2. The van der Waals surface area contributed by atoms with Crippen LogP contribution in [0.3, 0.4) is 0 Å². The van der Waals surface area contributed by atoms with Gasteiger partial charge in [-0.3, -0.25) is 0 Å². The van der Waals surface area contributed by atoms with Crippen molar-refractivity contribution in [2.75, 3.05) is 13.2 Å². The van der Waals surface area contributed by atoms with Crippen molar-refractivity contribution in [3.63, 3.8) is 0 Å². The van der Waals surface area contributed by atoms with Crippen LogP contribution in [0.25, 0.3) is 0 Å². The van der Waals surface area contributed by atoms with Gasteiger partial charge in [-0.1, -0.05) is 0 Å². The molecule has 0 N–H and O–H groups in total. The van der Waals surface area contributed by atoms with Crippen LogP contribution in [-0.2, 0) is 31.9 Å². The second kappa shape index (κ2) is 9.70. The summed E-state index contributed by atoms with van der Waals surface area (Å²) in [6, 6.07) is 0. The second-order valence-corrected chi connectivity index (χ2v) is 4.25. The molecule has 0 aliphatic rings. The summed E-state index contributed by atoms with van der Waals surface area (Å²) in [5.74, 6) is 0. The Balaban J connectivity index is 0.00000162. The van der Waals surface area contributed by atoms with Crippen LogP contribution in [0.2, 0.25) is 0 Å². The van der Waals surface area contributed by atoms with Gasteiger partial charge < -0.3 is 52.7 Å². The van der Waals surface area contributed by atoms with Gasteiger partial charge in [-0.25, -0.2) is 18.3 Å². The molecular formula is C12H20I2N4O. The maximum Gasteiger partial charge on any atom is 0.243 e. The SMILES string of the molecule is C[n+]1ccn(CCOCCn2cc[n+](C)c2)c1.[I-].[I-]. The third-order valence-corrected chi connectivity index (χ3v) is 2.64. The summed E-state index contributed by atoms with van der Waals surface area (Å²) >= 11 is 0. The first-order valence-electron chi connectivity index (χ1n) is 5.84. The average Bonchev–Trinajstić information content (AvgIpc) is 2.88. The molecule has 0 saturated carbocycles. The van der Waals surface area contributed by atoms with Crippen LogP contribution in [0.4, 0.5) is 0 Å². The van der Waals surface area contributed by atoms with E-state index < -0.39 is 0 Å². The first-order chi connectivity index (χ1) is 8.24. The van der Waals surface area contributed by atoms with Crippen molar-refractivity contribution in [3.8, 4) is 0 Å². The van der Waals surface area contributed by atoms with Gasteiger partial charge in [0, 0.05) is 0 Å². The van der Waals surface area contributed by atoms with Crippen LogP contribution < -0.4 is 57.1 Å². The number of imidazole rings is 2. The number of nitrogens with zero attached hydrogens (tertiary/aromatic N) is 4. The van der Waals surface area contributed by atoms with Crippen molar-refractivity contribution in [2.45, 2.75) is 13.1 Å². The fraction of sp³-hybridized carbons (Fsp3) is 0.500. The van der Waals surface area contributed by atoms with E-state index in [-0.39, 0.29) is 48.0 Å². The fourth-order valence-electron chi connectivity index (χ4n) is 1.71. The lowest BCUT2D eigenvalue weighted by Crippen LogP contribution is -3.00. The molecule has 108 valence electrons. The molecule has 0 saturated heterocycles. The lowest BCUT2D eigenvalue weighted by atomic mass is 10.6. The molecule has 0 amide bonds. The topological polar surface area (TPSA) is 26.8 Å². The van der Waals surface area contributed by atoms with Crippen molar-refractivity contribution in [1.82, 2.24) is 9.13 Å². The van der Waals surface area contributed by atoms with Crippen LogP contribution in [0.5, 0.6) is 0 Å². The standard InChI is InChI=1S/C12H20N4O.2HI/c1-13-3-5-15(11-13)7-9-17-10-8-16-6-4-14(2)12-16;;/h3-6,11-12H,7-10H2,1-2H3;2*1H/q+2;;/p-2. The van der Waals surface area contributed by atoms with E-state index in [4.69, 9.17) is 4.74 Å². The molecule has 2 aromatic heterocycles. The Morgan fingerprint density at radius 2 is 1.26 bits per heavy atom. The summed E-state index contributed by atoms with van der Waals surface area (Å²) in [5, 5.41) is 0. The Bertz CT molecular complexity index is 427. The molecule has 0 aliphatic carbocycles. The summed E-state index contributed by atoms with van der Waals surface area (Å²) in [5.41, 5.74) is 0. The number of ether oxygens (including phenoxy) is 1. The van der Waals surface area contributed by atoms with Gasteiger partial charge in [0.25, 0.3) is 0 Å². The highest BCUT2D eigenvalue weighted by Gasteiger charge is 2.01. The molecule has 0 spiro atoms. The fourth-order valence-corrected chi connectivity index (χ4v) is 1.71. The van der Waals surface area contributed by atoms with Gasteiger partial charge in [0.15, 0.2) is 0 Å². The summed E-state index contributed by atoms with van der Waals surface area (Å²) in [7, 11) is 4.03. The van der Waals surface area contributed by atoms with Gasteiger partial charge in [0.05, 0.1) is 27.3 Å². The predicted molar refractivity (Wildman–Crippen MR) is 62.0 cm³/mol. The highest BCUT2D eigenvalue weighted by molar-refractivity contribution is 4.66. The summed E-state index contributed by atoms with van der Waals surface area (Å²) < 4.78 is 13.9. The van der Waals surface area contributed by atoms with E-state index in [0.717, 1.165) is 26.3 Å². The normalized spacial score (nSPS) is 9.79. The first kappa shape index (κ1) is 18.8. The molecule has 0 bridgehead atoms. The maximum absolute atomic E-state index is 5.60. The predicted octanol–water partition coefficient (Wildman–Crippen LogP) is -6.34. The van der Waals surface area contributed by atoms with Gasteiger partial charge in [0.1, 0.15) is 37.9 Å². The van der Waals surface area contributed by atoms with E-state index in [9.17, 15) is 0 Å². The van der Waals surface area contributed by atoms with E-state index in [1.54, 1.807) is 0 Å². The zero-order valence-corrected chi connectivity index (χ0v) is 15.6. The third kappa shape index (κ3) is 6.70. The third-order valence-electron chi connectivity index (χ3n) is 2.64. The number of aromatic nitrogens is 4. The Hall–Kier alpha value is -0.160.